The van der Waals surface area contributed by atoms with Crippen molar-refractivity contribution in [1.82, 2.24) is 0 Å². The molecule has 0 bridgehead atoms. The van der Waals surface area contributed by atoms with E-state index in [1.54, 1.807) is 0 Å². The van der Waals surface area contributed by atoms with E-state index in [9.17, 15) is 5.11 Å². The van der Waals surface area contributed by atoms with Crippen molar-refractivity contribution in [2.75, 3.05) is 0 Å². The lowest BCUT2D eigenvalue weighted by Crippen LogP contribution is -2.34. The van der Waals surface area contributed by atoms with Crippen molar-refractivity contribution in [2.45, 2.75) is 45.1 Å². The van der Waals surface area contributed by atoms with Crippen LogP contribution in [0.1, 0.15) is 39.0 Å². The summed E-state index contributed by atoms with van der Waals surface area (Å²) in [6, 6.07) is 0. The molecule has 1 nitrogen and oxygen atoms in total. The standard InChI is InChI=1S/C12H20O/c1-9(11-7-8-12(11)13)10-5-3-2-4-6-10/h7-13H,2-6H2,1H3/t9-,11+,12?/m1/s1. The third kappa shape index (κ3) is 1.80. The van der Waals surface area contributed by atoms with Gasteiger partial charge in [-0.15, -0.1) is 0 Å². The highest BCUT2D eigenvalue weighted by molar-refractivity contribution is 5.12. The second kappa shape index (κ2) is 3.83. The minimum atomic E-state index is -0.142. The summed E-state index contributed by atoms with van der Waals surface area (Å²) in [5, 5.41) is 9.52. The highest BCUT2D eigenvalue weighted by atomic mass is 16.3. The Labute approximate surface area is 80.8 Å². The average Bonchev–Trinajstić information content (AvgIpc) is 2.17. The molecule has 2 aliphatic carbocycles. The van der Waals surface area contributed by atoms with Crippen LogP contribution in [0.15, 0.2) is 12.2 Å². The molecule has 2 rings (SSSR count). The van der Waals surface area contributed by atoms with Crippen molar-refractivity contribution < 1.29 is 5.11 Å². The lowest BCUT2D eigenvalue weighted by atomic mass is 9.70. The molecule has 0 aromatic carbocycles. The normalized spacial score (nSPS) is 37.1. The minimum Gasteiger partial charge on any atom is -0.388 e. The maximum Gasteiger partial charge on any atom is 0.0786 e. The Morgan fingerprint density at radius 1 is 1.15 bits per heavy atom. The quantitative estimate of drug-likeness (QED) is 0.648. The SMILES string of the molecule is C[C@H](C1CCCCC1)[C@@H]1C=CC1O. The molecule has 1 N–H and O–H groups in total. The van der Waals surface area contributed by atoms with E-state index < -0.39 is 0 Å². The Kier molecular flexibility index (Phi) is 2.73. The molecule has 0 aromatic heterocycles. The van der Waals surface area contributed by atoms with E-state index in [0.717, 1.165) is 5.92 Å². The van der Waals surface area contributed by atoms with Crippen molar-refractivity contribution in [3.63, 3.8) is 0 Å². The third-order valence-corrected chi connectivity index (χ3v) is 3.93. The van der Waals surface area contributed by atoms with Crippen LogP contribution < -0.4 is 0 Å². The van der Waals surface area contributed by atoms with Gasteiger partial charge in [-0.3, -0.25) is 0 Å². The first kappa shape index (κ1) is 9.26. The highest BCUT2D eigenvalue weighted by Gasteiger charge is 2.32. The van der Waals surface area contributed by atoms with Crippen LogP contribution in [0.4, 0.5) is 0 Å². The van der Waals surface area contributed by atoms with Gasteiger partial charge in [0.05, 0.1) is 6.10 Å². The van der Waals surface area contributed by atoms with Gasteiger partial charge in [-0.05, 0) is 11.8 Å². The van der Waals surface area contributed by atoms with Crippen LogP contribution in [-0.4, -0.2) is 11.2 Å². The Bertz CT molecular complexity index is 191. The van der Waals surface area contributed by atoms with E-state index >= 15 is 0 Å². The van der Waals surface area contributed by atoms with Crippen LogP contribution in [0.2, 0.25) is 0 Å². The molecule has 13 heavy (non-hydrogen) atoms. The monoisotopic (exact) mass is 180 g/mol. The van der Waals surface area contributed by atoms with E-state index in [1.807, 2.05) is 6.08 Å². The second-order valence-corrected chi connectivity index (χ2v) is 4.71. The Morgan fingerprint density at radius 2 is 1.85 bits per heavy atom. The van der Waals surface area contributed by atoms with Crippen molar-refractivity contribution in [3.05, 3.63) is 12.2 Å². The van der Waals surface area contributed by atoms with E-state index in [2.05, 4.69) is 13.0 Å². The van der Waals surface area contributed by atoms with Crippen LogP contribution in [0.25, 0.3) is 0 Å². The summed E-state index contributed by atoms with van der Waals surface area (Å²) in [7, 11) is 0. The molecular weight excluding hydrogens is 160 g/mol. The predicted octanol–water partition coefficient (Wildman–Crippen LogP) is 2.75. The zero-order valence-electron chi connectivity index (χ0n) is 8.45. The Morgan fingerprint density at radius 3 is 2.31 bits per heavy atom. The number of aliphatic hydroxyl groups excluding tert-OH is 1. The van der Waals surface area contributed by atoms with Crippen molar-refractivity contribution >= 4 is 0 Å². The summed E-state index contributed by atoms with van der Waals surface area (Å²) < 4.78 is 0. The summed E-state index contributed by atoms with van der Waals surface area (Å²) in [5.41, 5.74) is 0. The van der Waals surface area contributed by atoms with Gasteiger partial charge in [0.25, 0.3) is 0 Å². The molecule has 0 aromatic rings. The lowest BCUT2D eigenvalue weighted by molar-refractivity contribution is 0.0874. The maximum absolute atomic E-state index is 9.52. The molecular formula is C12H20O. The zero-order valence-corrected chi connectivity index (χ0v) is 8.45. The van der Waals surface area contributed by atoms with Gasteiger partial charge < -0.3 is 5.11 Å². The molecule has 0 saturated heterocycles. The fourth-order valence-electron chi connectivity index (χ4n) is 2.80. The molecule has 3 atom stereocenters. The van der Waals surface area contributed by atoms with Crippen LogP contribution in [0, 0.1) is 17.8 Å². The Balaban J connectivity index is 1.88. The fourth-order valence-corrected chi connectivity index (χ4v) is 2.80. The molecule has 74 valence electrons. The van der Waals surface area contributed by atoms with Gasteiger partial charge in [-0.1, -0.05) is 51.2 Å². The summed E-state index contributed by atoms with van der Waals surface area (Å²) in [5.74, 6) is 2.03. The van der Waals surface area contributed by atoms with Gasteiger partial charge in [0.15, 0.2) is 0 Å². The third-order valence-electron chi connectivity index (χ3n) is 3.93. The molecule has 0 aliphatic heterocycles. The van der Waals surface area contributed by atoms with Crippen molar-refractivity contribution in [1.29, 1.82) is 0 Å². The smallest absolute Gasteiger partial charge is 0.0786 e. The average molecular weight is 180 g/mol. The molecule has 1 unspecified atom stereocenters. The van der Waals surface area contributed by atoms with Crippen LogP contribution >= 0.6 is 0 Å². The first-order chi connectivity index (χ1) is 6.29. The van der Waals surface area contributed by atoms with E-state index in [4.69, 9.17) is 0 Å². The summed E-state index contributed by atoms with van der Waals surface area (Å²) in [4.78, 5) is 0. The number of hydrogen-bond donors (Lipinski definition) is 1. The predicted molar refractivity (Wildman–Crippen MR) is 54.4 cm³/mol. The first-order valence-electron chi connectivity index (χ1n) is 5.65. The van der Waals surface area contributed by atoms with Crippen LogP contribution in [0.3, 0.4) is 0 Å². The van der Waals surface area contributed by atoms with Crippen LogP contribution in [-0.2, 0) is 0 Å². The molecule has 0 heterocycles. The molecule has 1 heteroatoms. The van der Waals surface area contributed by atoms with Crippen molar-refractivity contribution in [2.24, 2.45) is 17.8 Å². The summed E-state index contributed by atoms with van der Waals surface area (Å²) >= 11 is 0. The van der Waals surface area contributed by atoms with Gasteiger partial charge in [-0.25, -0.2) is 0 Å². The summed E-state index contributed by atoms with van der Waals surface area (Å²) in [6.07, 6.45) is 11.0. The number of hydrogen-bond acceptors (Lipinski definition) is 1. The minimum absolute atomic E-state index is 0.142. The van der Waals surface area contributed by atoms with Gasteiger partial charge in [0.1, 0.15) is 0 Å². The number of aliphatic hydroxyl groups is 1. The van der Waals surface area contributed by atoms with E-state index in [-0.39, 0.29) is 6.10 Å². The Hall–Kier alpha value is -0.300. The number of rotatable bonds is 2. The molecule has 1 saturated carbocycles. The van der Waals surface area contributed by atoms with E-state index in [0.29, 0.717) is 11.8 Å². The van der Waals surface area contributed by atoms with Crippen LogP contribution in [0.5, 0.6) is 0 Å². The summed E-state index contributed by atoms with van der Waals surface area (Å²) in [6.45, 7) is 2.31. The second-order valence-electron chi connectivity index (χ2n) is 4.71. The highest BCUT2D eigenvalue weighted by Crippen LogP contribution is 2.38. The van der Waals surface area contributed by atoms with Gasteiger partial charge in [0, 0.05) is 5.92 Å². The molecule has 2 aliphatic rings. The lowest BCUT2D eigenvalue weighted by Gasteiger charge is -2.37. The molecule has 0 spiro atoms. The molecule has 0 radical (unpaired) electrons. The first-order valence-corrected chi connectivity index (χ1v) is 5.65. The largest absolute Gasteiger partial charge is 0.388 e. The van der Waals surface area contributed by atoms with Gasteiger partial charge in [0.2, 0.25) is 0 Å². The van der Waals surface area contributed by atoms with E-state index in [1.165, 1.54) is 32.1 Å². The molecule has 0 amide bonds. The van der Waals surface area contributed by atoms with Gasteiger partial charge in [-0.2, -0.15) is 0 Å². The van der Waals surface area contributed by atoms with Crippen molar-refractivity contribution in [3.8, 4) is 0 Å². The maximum atomic E-state index is 9.52. The topological polar surface area (TPSA) is 20.2 Å². The molecule has 1 fully saturated rings. The van der Waals surface area contributed by atoms with Gasteiger partial charge >= 0.3 is 0 Å². The fraction of sp³-hybridized carbons (Fsp3) is 0.833. The zero-order chi connectivity index (χ0) is 9.26.